The van der Waals surface area contributed by atoms with Gasteiger partial charge < -0.3 is 14.8 Å². The number of aromatic nitrogens is 3. The Labute approximate surface area is 188 Å². The SMILES string of the molecule is Cc1cccc(-n2nnc(C(=O)NCc3cccc(OCCN4CCOCC4)c3)c2C)c1. The molecule has 0 unspecified atom stereocenters. The van der Waals surface area contributed by atoms with E-state index in [4.69, 9.17) is 9.47 Å². The van der Waals surface area contributed by atoms with Gasteiger partial charge in [-0.05, 0) is 49.2 Å². The summed E-state index contributed by atoms with van der Waals surface area (Å²) in [5, 5.41) is 11.2. The van der Waals surface area contributed by atoms with Crippen molar-refractivity contribution >= 4 is 5.91 Å². The first-order chi connectivity index (χ1) is 15.6. The third-order valence-corrected chi connectivity index (χ3v) is 5.49. The minimum atomic E-state index is -0.250. The van der Waals surface area contributed by atoms with Crippen LogP contribution < -0.4 is 10.1 Å². The number of hydrogen-bond acceptors (Lipinski definition) is 6. The van der Waals surface area contributed by atoms with E-state index >= 15 is 0 Å². The molecule has 1 fully saturated rings. The second kappa shape index (κ2) is 10.4. The summed E-state index contributed by atoms with van der Waals surface area (Å²) in [6, 6.07) is 15.7. The van der Waals surface area contributed by atoms with E-state index in [1.54, 1.807) is 4.68 Å². The van der Waals surface area contributed by atoms with Gasteiger partial charge >= 0.3 is 0 Å². The number of benzene rings is 2. The van der Waals surface area contributed by atoms with Gasteiger partial charge in [-0.25, -0.2) is 4.68 Å². The molecule has 8 heteroatoms. The first kappa shape index (κ1) is 22.0. The van der Waals surface area contributed by atoms with Crippen molar-refractivity contribution in [2.45, 2.75) is 20.4 Å². The molecule has 0 saturated carbocycles. The van der Waals surface area contributed by atoms with E-state index in [2.05, 4.69) is 20.5 Å². The standard InChI is InChI=1S/C24H29N5O3/c1-18-5-3-7-21(15-18)29-19(2)23(26-27-29)24(30)25-17-20-6-4-8-22(16-20)32-14-11-28-9-12-31-13-10-28/h3-8,15-16H,9-14,17H2,1-2H3,(H,25,30). The van der Waals surface area contributed by atoms with Crippen molar-refractivity contribution in [2.75, 3.05) is 39.5 Å². The van der Waals surface area contributed by atoms with Crippen LogP contribution in [0.1, 0.15) is 27.3 Å². The van der Waals surface area contributed by atoms with Gasteiger partial charge in [0.2, 0.25) is 0 Å². The molecule has 0 spiro atoms. The zero-order valence-electron chi connectivity index (χ0n) is 18.6. The molecule has 8 nitrogen and oxygen atoms in total. The highest BCUT2D eigenvalue weighted by atomic mass is 16.5. The minimum absolute atomic E-state index is 0.250. The summed E-state index contributed by atoms with van der Waals surface area (Å²) in [7, 11) is 0. The average molecular weight is 436 g/mol. The summed E-state index contributed by atoms with van der Waals surface area (Å²) >= 11 is 0. The lowest BCUT2D eigenvalue weighted by Gasteiger charge is -2.26. The largest absolute Gasteiger partial charge is 0.492 e. The predicted molar refractivity (Wildman–Crippen MR) is 121 cm³/mol. The number of rotatable bonds is 8. The molecule has 1 N–H and O–H groups in total. The van der Waals surface area contributed by atoms with Crippen LogP contribution in [-0.4, -0.2) is 65.3 Å². The fourth-order valence-corrected chi connectivity index (χ4v) is 3.67. The third-order valence-electron chi connectivity index (χ3n) is 5.49. The Morgan fingerprint density at radius 3 is 2.75 bits per heavy atom. The van der Waals surface area contributed by atoms with Crippen molar-refractivity contribution in [3.8, 4) is 11.4 Å². The molecule has 0 atom stereocenters. The summed E-state index contributed by atoms with van der Waals surface area (Å²) in [4.78, 5) is 15.0. The third kappa shape index (κ3) is 5.52. The van der Waals surface area contributed by atoms with E-state index in [1.807, 2.05) is 62.4 Å². The number of nitrogens with zero attached hydrogens (tertiary/aromatic N) is 4. The minimum Gasteiger partial charge on any atom is -0.492 e. The maximum absolute atomic E-state index is 12.7. The highest BCUT2D eigenvalue weighted by Crippen LogP contribution is 2.15. The number of ether oxygens (including phenoxy) is 2. The van der Waals surface area contributed by atoms with Crippen LogP contribution in [0.5, 0.6) is 5.75 Å². The first-order valence-electron chi connectivity index (χ1n) is 10.9. The lowest BCUT2D eigenvalue weighted by atomic mass is 10.2. The maximum atomic E-state index is 12.7. The van der Waals surface area contributed by atoms with Gasteiger partial charge in [-0.15, -0.1) is 5.10 Å². The summed E-state index contributed by atoms with van der Waals surface area (Å²) < 4.78 is 13.0. The van der Waals surface area contributed by atoms with E-state index in [1.165, 1.54) is 0 Å². The Bertz CT molecular complexity index is 1060. The maximum Gasteiger partial charge on any atom is 0.274 e. The average Bonchev–Trinajstić information content (AvgIpc) is 3.20. The van der Waals surface area contributed by atoms with E-state index in [-0.39, 0.29) is 5.91 Å². The second-order valence-corrected chi connectivity index (χ2v) is 7.91. The smallest absolute Gasteiger partial charge is 0.274 e. The van der Waals surface area contributed by atoms with Crippen molar-refractivity contribution in [3.63, 3.8) is 0 Å². The number of aryl methyl sites for hydroxylation is 1. The van der Waals surface area contributed by atoms with E-state index in [9.17, 15) is 4.79 Å². The van der Waals surface area contributed by atoms with Gasteiger partial charge in [0.05, 0.1) is 24.6 Å². The van der Waals surface area contributed by atoms with Crippen LogP contribution in [0, 0.1) is 13.8 Å². The number of morpholine rings is 1. The summed E-state index contributed by atoms with van der Waals surface area (Å²) in [6.07, 6.45) is 0. The molecule has 1 amide bonds. The van der Waals surface area contributed by atoms with Gasteiger partial charge in [0.15, 0.2) is 5.69 Å². The van der Waals surface area contributed by atoms with Crippen molar-refractivity contribution in [1.29, 1.82) is 0 Å². The Morgan fingerprint density at radius 2 is 1.94 bits per heavy atom. The molecule has 1 aliphatic rings. The van der Waals surface area contributed by atoms with Gasteiger partial charge in [-0.1, -0.05) is 29.5 Å². The Kier molecular flexibility index (Phi) is 7.14. The monoisotopic (exact) mass is 435 g/mol. The Balaban J connectivity index is 1.32. The van der Waals surface area contributed by atoms with Crippen molar-refractivity contribution in [2.24, 2.45) is 0 Å². The molecule has 2 aromatic carbocycles. The lowest BCUT2D eigenvalue weighted by Crippen LogP contribution is -2.38. The molecule has 0 radical (unpaired) electrons. The molecule has 0 bridgehead atoms. The Morgan fingerprint density at radius 1 is 1.12 bits per heavy atom. The molecule has 1 aromatic heterocycles. The van der Waals surface area contributed by atoms with E-state index in [0.29, 0.717) is 24.5 Å². The van der Waals surface area contributed by atoms with Crippen LogP contribution in [0.4, 0.5) is 0 Å². The molecule has 168 valence electrons. The normalized spacial score (nSPS) is 14.3. The van der Waals surface area contributed by atoms with Crippen molar-refractivity contribution < 1.29 is 14.3 Å². The summed E-state index contributed by atoms with van der Waals surface area (Å²) in [5.41, 5.74) is 4.00. The van der Waals surface area contributed by atoms with Crippen LogP contribution in [0.2, 0.25) is 0 Å². The van der Waals surface area contributed by atoms with E-state index in [0.717, 1.165) is 55.4 Å². The molecular formula is C24H29N5O3. The first-order valence-corrected chi connectivity index (χ1v) is 10.9. The molecule has 0 aliphatic carbocycles. The number of carbonyl (C=O) groups is 1. The van der Waals surface area contributed by atoms with Crippen LogP contribution in [0.3, 0.4) is 0 Å². The lowest BCUT2D eigenvalue weighted by molar-refractivity contribution is 0.0322. The molecule has 1 saturated heterocycles. The fourth-order valence-electron chi connectivity index (χ4n) is 3.67. The van der Waals surface area contributed by atoms with Crippen LogP contribution in [-0.2, 0) is 11.3 Å². The predicted octanol–water partition coefficient (Wildman–Crippen LogP) is 2.53. The van der Waals surface area contributed by atoms with Crippen LogP contribution in [0.15, 0.2) is 48.5 Å². The topological polar surface area (TPSA) is 81.5 Å². The molecular weight excluding hydrogens is 406 g/mol. The number of carbonyl (C=O) groups excluding carboxylic acids is 1. The van der Waals surface area contributed by atoms with Gasteiger partial charge in [-0.3, -0.25) is 9.69 Å². The number of hydrogen-bond donors (Lipinski definition) is 1. The van der Waals surface area contributed by atoms with Gasteiger partial charge in [0.25, 0.3) is 5.91 Å². The van der Waals surface area contributed by atoms with Crippen LogP contribution >= 0.6 is 0 Å². The highest BCUT2D eigenvalue weighted by molar-refractivity contribution is 5.93. The molecule has 4 rings (SSSR count). The molecule has 2 heterocycles. The van der Waals surface area contributed by atoms with Crippen LogP contribution in [0.25, 0.3) is 5.69 Å². The molecule has 32 heavy (non-hydrogen) atoms. The van der Waals surface area contributed by atoms with Gasteiger partial charge in [-0.2, -0.15) is 0 Å². The fraction of sp³-hybridized carbons (Fsp3) is 0.375. The highest BCUT2D eigenvalue weighted by Gasteiger charge is 2.17. The number of amides is 1. The number of nitrogens with one attached hydrogen (secondary N) is 1. The molecule has 1 aliphatic heterocycles. The van der Waals surface area contributed by atoms with Crippen molar-refractivity contribution in [3.05, 3.63) is 71.0 Å². The van der Waals surface area contributed by atoms with Gasteiger partial charge in [0.1, 0.15) is 12.4 Å². The summed E-state index contributed by atoms with van der Waals surface area (Å²) in [6.45, 7) is 9.21. The van der Waals surface area contributed by atoms with Crippen molar-refractivity contribution in [1.82, 2.24) is 25.2 Å². The van der Waals surface area contributed by atoms with Gasteiger partial charge in [0, 0.05) is 26.2 Å². The van der Waals surface area contributed by atoms with E-state index < -0.39 is 0 Å². The summed E-state index contributed by atoms with van der Waals surface area (Å²) in [5.74, 6) is 0.548. The quantitative estimate of drug-likeness (QED) is 0.586. The zero-order chi connectivity index (χ0) is 22.3. The second-order valence-electron chi connectivity index (χ2n) is 7.91. The zero-order valence-corrected chi connectivity index (χ0v) is 18.6. The molecule has 3 aromatic rings. The Hall–Kier alpha value is -3.23.